The van der Waals surface area contributed by atoms with Crippen molar-refractivity contribution in [2.75, 3.05) is 6.54 Å². The van der Waals surface area contributed by atoms with Crippen LogP contribution in [0.3, 0.4) is 0 Å². The number of hydrogen-bond donors (Lipinski definition) is 1. The van der Waals surface area contributed by atoms with E-state index in [9.17, 15) is 14.0 Å². The topological polar surface area (TPSA) is 77.1 Å². The monoisotopic (exact) mass is 377 g/mol. The zero-order valence-corrected chi connectivity index (χ0v) is 14.8. The Bertz CT molecular complexity index is 1160. The number of furan rings is 1. The fraction of sp³-hybridized carbons (Fsp3) is 0.0952. The molecule has 0 saturated heterocycles. The maximum absolute atomic E-state index is 13.0. The number of aromatic nitrogens is 2. The van der Waals surface area contributed by atoms with Crippen LogP contribution in [0.1, 0.15) is 10.6 Å². The van der Waals surface area contributed by atoms with Crippen molar-refractivity contribution < 1.29 is 13.6 Å². The van der Waals surface area contributed by atoms with Crippen molar-refractivity contribution in [3.05, 3.63) is 88.9 Å². The summed E-state index contributed by atoms with van der Waals surface area (Å²) in [7, 11) is 0. The molecule has 7 heteroatoms. The predicted octanol–water partition coefficient (Wildman–Crippen LogP) is 3.23. The van der Waals surface area contributed by atoms with Gasteiger partial charge in [0.2, 0.25) is 0 Å². The first kappa shape index (κ1) is 17.7. The molecule has 0 aliphatic heterocycles. The van der Waals surface area contributed by atoms with E-state index in [0.717, 1.165) is 5.39 Å². The van der Waals surface area contributed by atoms with Gasteiger partial charge in [-0.05, 0) is 36.4 Å². The van der Waals surface area contributed by atoms with Gasteiger partial charge < -0.3 is 9.73 Å². The van der Waals surface area contributed by atoms with E-state index in [0.29, 0.717) is 16.8 Å². The van der Waals surface area contributed by atoms with Gasteiger partial charge in [-0.3, -0.25) is 14.2 Å². The van der Waals surface area contributed by atoms with Crippen LogP contribution in [0, 0.1) is 5.82 Å². The number of carbonyl (C=O) groups excluding carboxylic acids is 1. The van der Waals surface area contributed by atoms with Crippen molar-refractivity contribution in [2.24, 2.45) is 0 Å². The summed E-state index contributed by atoms with van der Waals surface area (Å²) >= 11 is 0. The van der Waals surface area contributed by atoms with Gasteiger partial charge in [-0.15, -0.1) is 0 Å². The van der Waals surface area contributed by atoms with Crippen LogP contribution in [0.2, 0.25) is 0 Å². The summed E-state index contributed by atoms with van der Waals surface area (Å²) in [5.41, 5.74) is 1.51. The largest absolute Gasteiger partial charge is 0.451 e. The van der Waals surface area contributed by atoms with Crippen LogP contribution < -0.4 is 10.9 Å². The summed E-state index contributed by atoms with van der Waals surface area (Å²) in [6.07, 6.45) is 1.41. The van der Waals surface area contributed by atoms with E-state index in [1.165, 1.54) is 29.1 Å². The minimum absolute atomic E-state index is 0.221. The number of benzene rings is 2. The number of halogens is 1. The minimum atomic E-state index is -0.350. The third-order valence-electron chi connectivity index (χ3n) is 4.31. The van der Waals surface area contributed by atoms with Gasteiger partial charge in [0.25, 0.3) is 11.5 Å². The summed E-state index contributed by atoms with van der Waals surface area (Å²) < 4.78 is 19.9. The van der Waals surface area contributed by atoms with Gasteiger partial charge >= 0.3 is 0 Å². The Balaban J connectivity index is 1.40. The Morgan fingerprint density at radius 3 is 2.64 bits per heavy atom. The predicted molar refractivity (Wildman–Crippen MR) is 102 cm³/mol. The lowest BCUT2D eigenvalue weighted by atomic mass is 10.1. The number of rotatable bonds is 5. The fourth-order valence-electron chi connectivity index (χ4n) is 2.84. The second kappa shape index (κ2) is 7.48. The van der Waals surface area contributed by atoms with E-state index < -0.39 is 0 Å². The highest BCUT2D eigenvalue weighted by Crippen LogP contribution is 2.18. The molecule has 0 bridgehead atoms. The molecular weight excluding hydrogens is 361 g/mol. The molecule has 0 atom stereocenters. The van der Waals surface area contributed by atoms with E-state index >= 15 is 0 Å². The number of carbonyl (C=O) groups is 1. The van der Waals surface area contributed by atoms with Crippen LogP contribution in [0.5, 0.6) is 0 Å². The second-order valence-electron chi connectivity index (χ2n) is 6.22. The third kappa shape index (κ3) is 3.68. The summed E-state index contributed by atoms with van der Waals surface area (Å²) in [5.74, 6) is -0.476. The van der Waals surface area contributed by atoms with E-state index in [2.05, 4.69) is 10.3 Å². The second-order valence-corrected chi connectivity index (χ2v) is 6.22. The molecular formula is C21H16FN3O3. The highest BCUT2D eigenvalue weighted by Gasteiger charge is 2.11. The lowest BCUT2D eigenvalue weighted by molar-refractivity contribution is 0.0926. The molecule has 140 valence electrons. The molecule has 6 nitrogen and oxygen atoms in total. The SMILES string of the molecule is O=C(NCCn1cnc(-c2ccc(F)cc2)cc1=O)c1cc2ccccc2o1. The summed E-state index contributed by atoms with van der Waals surface area (Å²) in [6, 6.07) is 16.2. The van der Waals surface area contributed by atoms with Gasteiger partial charge in [-0.25, -0.2) is 9.37 Å². The molecule has 1 amide bonds. The fourth-order valence-corrected chi connectivity index (χ4v) is 2.84. The van der Waals surface area contributed by atoms with Crippen molar-refractivity contribution in [2.45, 2.75) is 6.54 Å². The van der Waals surface area contributed by atoms with E-state index in [-0.39, 0.29) is 36.1 Å². The summed E-state index contributed by atoms with van der Waals surface area (Å²) in [6.45, 7) is 0.509. The molecule has 0 aliphatic carbocycles. The van der Waals surface area contributed by atoms with Gasteiger partial charge in [0, 0.05) is 30.1 Å². The molecule has 0 spiro atoms. The molecule has 0 saturated carbocycles. The van der Waals surface area contributed by atoms with Gasteiger partial charge in [0.15, 0.2) is 5.76 Å². The first-order chi connectivity index (χ1) is 13.6. The van der Waals surface area contributed by atoms with E-state index in [4.69, 9.17) is 4.42 Å². The molecule has 1 N–H and O–H groups in total. The van der Waals surface area contributed by atoms with Crippen LogP contribution in [0.15, 0.2) is 76.2 Å². The molecule has 0 radical (unpaired) electrons. The van der Waals surface area contributed by atoms with Crippen molar-refractivity contribution in [1.82, 2.24) is 14.9 Å². The average molecular weight is 377 g/mol. The Morgan fingerprint density at radius 1 is 1.11 bits per heavy atom. The van der Waals surface area contributed by atoms with Crippen LogP contribution in [0.4, 0.5) is 4.39 Å². The average Bonchev–Trinajstić information content (AvgIpc) is 3.14. The highest BCUT2D eigenvalue weighted by molar-refractivity contribution is 5.96. The van der Waals surface area contributed by atoms with Crippen LogP contribution in [-0.2, 0) is 6.54 Å². The Hall–Kier alpha value is -3.74. The lowest BCUT2D eigenvalue weighted by Gasteiger charge is -2.07. The van der Waals surface area contributed by atoms with Crippen molar-refractivity contribution in [3.63, 3.8) is 0 Å². The Morgan fingerprint density at radius 2 is 1.89 bits per heavy atom. The molecule has 0 unspecified atom stereocenters. The number of nitrogens with zero attached hydrogens (tertiary/aromatic N) is 2. The zero-order valence-electron chi connectivity index (χ0n) is 14.8. The number of para-hydroxylation sites is 1. The number of hydrogen-bond acceptors (Lipinski definition) is 4. The number of amides is 1. The van der Waals surface area contributed by atoms with Gasteiger partial charge in [-0.1, -0.05) is 18.2 Å². The van der Waals surface area contributed by atoms with Crippen LogP contribution in [0.25, 0.3) is 22.2 Å². The van der Waals surface area contributed by atoms with Gasteiger partial charge in [0.1, 0.15) is 11.4 Å². The molecule has 2 aromatic heterocycles. The number of fused-ring (bicyclic) bond motifs is 1. The van der Waals surface area contributed by atoms with Crippen LogP contribution >= 0.6 is 0 Å². The molecule has 0 fully saturated rings. The summed E-state index contributed by atoms with van der Waals surface area (Å²) in [4.78, 5) is 28.7. The normalized spacial score (nSPS) is 10.9. The maximum atomic E-state index is 13.0. The molecule has 4 aromatic rings. The Labute approximate surface area is 159 Å². The zero-order chi connectivity index (χ0) is 19.5. The van der Waals surface area contributed by atoms with Crippen molar-refractivity contribution >= 4 is 16.9 Å². The smallest absolute Gasteiger partial charge is 0.287 e. The third-order valence-corrected chi connectivity index (χ3v) is 4.31. The van der Waals surface area contributed by atoms with E-state index in [1.807, 2.05) is 18.2 Å². The van der Waals surface area contributed by atoms with Crippen LogP contribution in [-0.4, -0.2) is 22.0 Å². The van der Waals surface area contributed by atoms with Crippen molar-refractivity contribution in [1.29, 1.82) is 0 Å². The first-order valence-corrected chi connectivity index (χ1v) is 8.69. The first-order valence-electron chi connectivity index (χ1n) is 8.69. The van der Waals surface area contributed by atoms with Crippen molar-refractivity contribution in [3.8, 4) is 11.3 Å². The molecule has 2 aromatic carbocycles. The minimum Gasteiger partial charge on any atom is -0.451 e. The van der Waals surface area contributed by atoms with Gasteiger partial charge in [-0.2, -0.15) is 0 Å². The molecule has 4 rings (SSSR count). The lowest BCUT2D eigenvalue weighted by Crippen LogP contribution is -2.30. The van der Waals surface area contributed by atoms with E-state index in [1.54, 1.807) is 24.3 Å². The quantitative estimate of drug-likeness (QED) is 0.579. The highest BCUT2D eigenvalue weighted by atomic mass is 19.1. The summed E-state index contributed by atoms with van der Waals surface area (Å²) in [5, 5.41) is 3.58. The maximum Gasteiger partial charge on any atom is 0.287 e. The molecule has 0 aliphatic rings. The molecule has 2 heterocycles. The Kier molecular flexibility index (Phi) is 4.72. The standard InChI is InChI=1S/C21H16FN3O3/c22-16-7-5-14(6-8-16)17-12-20(26)25(13-24-17)10-9-23-21(27)19-11-15-3-1-2-4-18(15)28-19/h1-8,11-13H,9-10H2,(H,23,27). The van der Waals surface area contributed by atoms with Gasteiger partial charge in [0.05, 0.1) is 12.0 Å². The number of nitrogens with one attached hydrogen (secondary N) is 1. The molecule has 28 heavy (non-hydrogen) atoms.